The van der Waals surface area contributed by atoms with Crippen LogP contribution in [0.2, 0.25) is 0 Å². The van der Waals surface area contributed by atoms with Crippen LogP contribution in [0.1, 0.15) is 37.9 Å². The Balaban J connectivity index is 1.58. The summed E-state index contributed by atoms with van der Waals surface area (Å²) in [6.45, 7) is 1.38. The van der Waals surface area contributed by atoms with Gasteiger partial charge in [-0.15, -0.1) is 5.10 Å². The summed E-state index contributed by atoms with van der Waals surface area (Å²) < 4.78 is 39.3. The number of carbonyl (C=O) groups excluding carboxylic acids is 1. The number of aryl methyl sites for hydroxylation is 2. The molecule has 1 N–H and O–H groups in total. The normalized spacial score (nSPS) is 21.9. The molecule has 23 heavy (non-hydrogen) atoms. The highest BCUT2D eigenvalue weighted by atomic mass is 19.4. The quantitative estimate of drug-likeness (QED) is 0.906. The summed E-state index contributed by atoms with van der Waals surface area (Å²) in [6.07, 6.45) is -1.02. The molecule has 1 atom stereocenters. The van der Waals surface area contributed by atoms with Gasteiger partial charge in [-0.05, 0) is 31.6 Å². The van der Waals surface area contributed by atoms with E-state index >= 15 is 0 Å². The second-order valence-electron chi connectivity index (χ2n) is 6.24. The molecule has 2 aliphatic heterocycles. The van der Waals surface area contributed by atoms with E-state index < -0.39 is 24.5 Å². The fraction of sp³-hybridized carbons (Fsp3) is 0.786. The fourth-order valence-electron chi connectivity index (χ4n) is 3.25. The molecule has 0 bridgehead atoms. The van der Waals surface area contributed by atoms with Gasteiger partial charge in [0, 0.05) is 32.5 Å². The number of aromatic nitrogens is 3. The average molecular weight is 331 g/mol. The Hall–Kier alpha value is -1.80. The topological polar surface area (TPSA) is 63.1 Å². The van der Waals surface area contributed by atoms with Gasteiger partial charge in [0.15, 0.2) is 0 Å². The predicted molar refractivity (Wildman–Crippen MR) is 76.9 cm³/mol. The standard InChI is InChI=1S/C14H20F3N5O/c15-14(16,17)8-10-4-3-6-21(9-10)13(23)19-12-18-11-5-1-2-7-22(11)20-12/h10H,1-9H2,(H,19,20,23). The first kappa shape index (κ1) is 16.1. The Kier molecular flexibility index (Phi) is 4.45. The summed E-state index contributed by atoms with van der Waals surface area (Å²) in [6, 6.07) is -0.417. The Bertz CT molecular complexity index is 548. The number of hydrogen-bond donors (Lipinski definition) is 1. The van der Waals surface area contributed by atoms with Crippen molar-refractivity contribution in [2.24, 2.45) is 5.92 Å². The van der Waals surface area contributed by atoms with E-state index in [1.807, 2.05) is 0 Å². The number of urea groups is 1. The van der Waals surface area contributed by atoms with Crippen molar-refractivity contribution in [3.63, 3.8) is 0 Å². The number of likely N-dealkylation sites (tertiary alicyclic amines) is 1. The van der Waals surface area contributed by atoms with Gasteiger partial charge in [0.2, 0.25) is 5.95 Å². The molecule has 3 rings (SSSR count). The molecule has 1 fully saturated rings. The Morgan fingerprint density at radius 3 is 2.83 bits per heavy atom. The number of halogens is 3. The largest absolute Gasteiger partial charge is 0.389 e. The van der Waals surface area contributed by atoms with Crippen molar-refractivity contribution in [3.8, 4) is 0 Å². The minimum atomic E-state index is -4.19. The van der Waals surface area contributed by atoms with Gasteiger partial charge in [-0.1, -0.05) is 0 Å². The molecule has 0 aromatic carbocycles. The number of hydrogen-bond acceptors (Lipinski definition) is 3. The number of piperidine rings is 1. The van der Waals surface area contributed by atoms with Crippen LogP contribution in [0.3, 0.4) is 0 Å². The third-order valence-corrected chi connectivity index (χ3v) is 4.31. The molecule has 3 heterocycles. The first-order chi connectivity index (χ1) is 10.9. The first-order valence-electron chi connectivity index (χ1n) is 7.97. The minimum absolute atomic E-state index is 0.124. The van der Waals surface area contributed by atoms with Crippen LogP contribution in [-0.4, -0.2) is 45.0 Å². The van der Waals surface area contributed by atoms with Crippen LogP contribution in [0.4, 0.5) is 23.9 Å². The van der Waals surface area contributed by atoms with Crippen molar-refractivity contribution >= 4 is 12.0 Å². The SMILES string of the molecule is O=C(Nc1nc2n(n1)CCCC2)N1CCCC(CC(F)(F)F)C1. The lowest BCUT2D eigenvalue weighted by Crippen LogP contribution is -2.43. The monoisotopic (exact) mass is 331 g/mol. The average Bonchev–Trinajstić information content (AvgIpc) is 2.87. The molecule has 0 saturated carbocycles. The summed E-state index contributed by atoms with van der Waals surface area (Å²) in [5, 5.41) is 6.85. The predicted octanol–water partition coefficient (Wildman–Crippen LogP) is 2.81. The van der Waals surface area contributed by atoms with Crippen LogP contribution in [0.15, 0.2) is 0 Å². The Morgan fingerprint density at radius 1 is 1.26 bits per heavy atom. The molecule has 0 spiro atoms. The van der Waals surface area contributed by atoms with Crippen molar-refractivity contribution in [1.82, 2.24) is 19.7 Å². The van der Waals surface area contributed by atoms with Crippen molar-refractivity contribution in [3.05, 3.63) is 5.82 Å². The van der Waals surface area contributed by atoms with E-state index in [0.717, 1.165) is 31.6 Å². The van der Waals surface area contributed by atoms with Crippen LogP contribution in [-0.2, 0) is 13.0 Å². The van der Waals surface area contributed by atoms with Gasteiger partial charge in [0.1, 0.15) is 5.82 Å². The van der Waals surface area contributed by atoms with Crippen LogP contribution < -0.4 is 5.32 Å². The smallest absolute Gasteiger partial charge is 0.324 e. The molecule has 1 aromatic heterocycles. The third kappa shape index (κ3) is 4.14. The molecule has 9 heteroatoms. The fourth-order valence-corrected chi connectivity index (χ4v) is 3.25. The van der Waals surface area contributed by atoms with Gasteiger partial charge in [-0.2, -0.15) is 18.2 Å². The van der Waals surface area contributed by atoms with E-state index in [1.54, 1.807) is 4.68 Å². The van der Waals surface area contributed by atoms with Gasteiger partial charge in [-0.3, -0.25) is 5.32 Å². The Morgan fingerprint density at radius 2 is 2.09 bits per heavy atom. The van der Waals surface area contributed by atoms with E-state index in [4.69, 9.17) is 0 Å². The van der Waals surface area contributed by atoms with E-state index in [1.165, 1.54) is 4.90 Å². The molecule has 1 saturated heterocycles. The number of carbonyl (C=O) groups is 1. The zero-order valence-corrected chi connectivity index (χ0v) is 12.8. The number of alkyl halides is 3. The zero-order valence-electron chi connectivity index (χ0n) is 12.8. The van der Waals surface area contributed by atoms with E-state index in [0.29, 0.717) is 19.4 Å². The van der Waals surface area contributed by atoms with Gasteiger partial charge >= 0.3 is 12.2 Å². The summed E-state index contributed by atoms with van der Waals surface area (Å²) in [5.41, 5.74) is 0. The van der Waals surface area contributed by atoms with Crippen LogP contribution in [0.25, 0.3) is 0 Å². The number of nitrogens with zero attached hydrogens (tertiary/aromatic N) is 4. The molecule has 1 unspecified atom stereocenters. The Labute approximate surface area is 132 Å². The molecule has 2 amide bonds. The highest BCUT2D eigenvalue weighted by molar-refractivity contribution is 5.87. The van der Waals surface area contributed by atoms with E-state index in [2.05, 4.69) is 15.4 Å². The van der Waals surface area contributed by atoms with Gasteiger partial charge in [-0.25, -0.2) is 9.48 Å². The zero-order chi connectivity index (χ0) is 16.4. The van der Waals surface area contributed by atoms with Gasteiger partial charge in [0.25, 0.3) is 0 Å². The molecule has 0 aliphatic carbocycles. The van der Waals surface area contributed by atoms with Gasteiger partial charge in [0.05, 0.1) is 0 Å². The lowest BCUT2D eigenvalue weighted by Gasteiger charge is -2.32. The number of nitrogens with one attached hydrogen (secondary N) is 1. The lowest BCUT2D eigenvalue weighted by atomic mass is 9.95. The molecule has 2 aliphatic rings. The van der Waals surface area contributed by atoms with Gasteiger partial charge < -0.3 is 4.90 Å². The second kappa shape index (κ2) is 6.37. The molecular weight excluding hydrogens is 311 g/mol. The van der Waals surface area contributed by atoms with Crippen LogP contribution in [0, 0.1) is 5.92 Å². The minimum Gasteiger partial charge on any atom is -0.324 e. The van der Waals surface area contributed by atoms with Crippen LogP contribution >= 0.6 is 0 Å². The third-order valence-electron chi connectivity index (χ3n) is 4.31. The summed E-state index contributed by atoms with van der Waals surface area (Å²) in [7, 11) is 0. The highest BCUT2D eigenvalue weighted by Gasteiger charge is 2.35. The summed E-state index contributed by atoms with van der Waals surface area (Å²) in [5.74, 6) is 0.558. The van der Waals surface area contributed by atoms with E-state index in [9.17, 15) is 18.0 Å². The van der Waals surface area contributed by atoms with Crippen molar-refractivity contribution in [2.45, 2.75) is 51.2 Å². The summed E-state index contributed by atoms with van der Waals surface area (Å²) >= 11 is 0. The maximum absolute atomic E-state index is 12.5. The number of amides is 2. The molecule has 0 radical (unpaired) electrons. The summed E-state index contributed by atoms with van der Waals surface area (Å²) in [4.78, 5) is 17.9. The number of fused-ring (bicyclic) bond motifs is 1. The maximum atomic E-state index is 12.5. The number of rotatable bonds is 2. The van der Waals surface area contributed by atoms with E-state index in [-0.39, 0.29) is 12.5 Å². The van der Waals surface area contributed by atoms with Crippen molar-refractivity contribution < 1.29 is 18.0 Å². The molecular formula is C14H20F3N5O. The van der Waals surface area contributed by atoms with Crippen molar-refractivity contribution in [2.75, 3.05) is 18.4 Å². The highest BCUT2D eigenvalue weighted by Crippen LogP contribution is 2.30. The molecule has 128 valence electrons. The lowest BCUT2D eigenvalue weighted by molar-refractivity contribution is -0.147. The van der Waals surface area contributed by atoms with Crippen LogP contribution in [0.5, 0.6) is 0 Å². The second-order valence-corrected chi connectivity index (χ2v) is 6.24. The maximum Gasteiger partial charge on any atom is 0.389 e. The first-order valence-corrected chi connectivity index (χ1v) is 7.97. The van der Waals surface area contributed by atoms with Crippen molar-refractivity contribution in [1.29, 1.82) is 0 Å². The number of anilines is 1. The molecule has 1 aromatic rings. The molecule has 6 nitrogen and oxygen atoms in total.